The van der Waals surface area contributed by atoms with Gasteiger partial charge in [0.1, 0.15) is 23.0 Å². The van der Waals surface area contributed by atoms with E-state index in [1.165, 1.54) is 24.4 Å². The first-order chi connectivity index (χ1) is 15.4. The number of rotatable bonds is 6. The molecule has 1 atom stereocenters. The minimum absolute atomic E-state index is 0.0721. The topological polar surface area (TPSA) is 130 Å². The number of anilines is 1. The number of aromatic amines is 2. The summed E-state index contributed by atoms with van der Waals surface area (Å²) in [6.45, 7) is 1.96. The number of hydrogen-bond donors (Lipinski definition) is 6. The van der Waals surface area contributed by atoms with E-state index in [4.69, 9.17) is 5.41 Å². The Balaban J connectivity index is 1.69. The van der Waals surface area contributed by atoms with Gasteiger partial charge in [0.25, 0.3) is 5.56 Å². The van der Waals surface area contributed by atoms with Gasteiger partial charge >= 0.3 is 0 Å². The molecule has 4 rings (SSSR count). The average Bonchev–Trinajstić information content (AvgIpc) is 3.21. The van der Waals surface area contributed by atoms with Crippen LogP contribution in [0.5, 0.6) is 0 Å². The Morgan fingerprint density at radius 2 is 2.09 bits per heavy atom. The number of aryl methyl sites for hydroxylation is 1. The first kappa shape index (κ1) is 21.3. The molecule has 0 bridgehead atoms. The van der Waals surface area contributed by atoms with Gasteiger partial charge in [-0.15, -0.1) is 0 Å². The Bertz CT molecular complexity index is 1360. The van der Waals surface area contributed by atoms with Crippen LogP contribution in [-0.4, -0.2) is 39.5 Å². The van der Waals surface area contributed by atoms with Crippen LogP contribution in [0.1, 0.15) is 22.8 Å². The molecule has 0 aliphatic carbocycles. The van der Waals surface area contributed by atoms with Crippen LogP contribution in [0.4, 0.5) is 10.1 Å². The summed E-state index contributed by atoms with van der Waals surface area (Å²) in [6, 6.07) is 11.1. The fourth-order valence-electron chi connectivity index (χ4n) is 3.60. The molecule has 6 N–H and O–H groups in total. The SMILES string of the molecule is CNC(=N)c1cc(C)c2nc(-c3c(NCC(O)c4cccc(F)c4)cc[nH]c3=O)[nH]c2c1. The van der Waals surface area contributed by atoms with Crippen molar-refractivity contribution in [1.82, 2.24) is 20.3 Å². The van der Waals surface area contributed by atoms with Crippen LogP contribution in [-0.2, 0) is 0 Å². The lowest BCUT2D eigenvalue weighted by molar-refractivity contribution is 0.191. The van der Waals surface area contributed by atoms with Crippen molar-refractivity contribution in [3.05, 3.63) is 81.5 Å². The lowest BCUT2D eigenvalue weighted by Crippen LogP contribution is -2.17. The van der Waals surface area contributed by atoms with Crippen molar-refractivity contribution in [2.24, 2.45) is 0 Å². The maximum Gasteiger partial charge on any atom is 0.261 e. The zero-order valence-electron chi connectivity index (χ0n) is 17.6. The van der Waals surface area contributed by atoms with Gasteiger partial charge in [0.15, 0.2) is 0 Å². The van der Waals surface area contributed by atoms with E-state index in [2.05, 4.69) is 25.6 Å². The molecule has 32 heavy (non-hydrogen) atoms. The molecule has 0 aliphatic heterocycles. The van der Waals surface area contributed by atoms with Gasteiger partial charge in [-0.3, -0.25) is 10.2 Å². The number of halogens is 1. The minimum Gasteiger partial charge on any atom is -0.387 e. The molecular weight excluding hydrogens is 411 g/mol. The molecule has 0 saturated carbocycles. The van der Waals surface area contributed by atoms with Crippen LogP contribution in [0.15, 0.2) is 53.5 Å². The third kappa shape index (κ3) is 4.10. The minimum atomic E-state index is -0.967. The number of nitrogens with one attached hydrogen (secondary N) is 5. The predicted molar refractivity (Wildman–Crippen MR) is 123 cm³/mol. The van der Waals surface area contributed by atoms with Gasteiger partial charge in [0.2, 0.25) is 0 Å². The molecule has 2 aromatic heterocycles. The van der Waals surface area contributed by atoms with E-state index in [0.29, 0.717) is 39.2 Å². The Morgan fingerprint density at radius 1 is 1.28 bits per heavy atom. The molecule has 164 valence electrons. The Hall–Kier alpha value is -3.98. The smallest absolute Gasteiger partial charge is 0.261 e. The number of benzene rings is 2. The highest BCUT2D eigenvalue weighted by atomic mass is 19.1. The average molecular weight is 434 g/mol. The van der Waals surface area contributed by atoms with E-state index >= 15 is 0 Å². The lowest BCUT2D eigenvalue weighted by atomic mass is 10.1. The number of pyridine rings is 1. The monoisotopic (exact) mass is 434 g/mol. The fraction of sp³-hybridized carbons (Fsp3) is 0.174. The van der Waals surface area contributed by atoms with Gasteiger partial charge in [-0.25, -0.2) is 9.37 Å². The summed E-state index contributed by atoms with van der Waals surface area (Å²) in [5, 5.41) is 24.3. The van der Waals surface area contributed by atoms with Gasteiger partial charge in [-0.2, -0.15) is 0 Å². The van der Waals surface area contributed by atoms with Crippen molar-refractivity contribution in [2.45, 2.75) is 13.0 Å². The molecular formula is C23H23FN6O2. The number of H-pyrrole nitrogens is 2. The molecule has 0 radical (unpaired) electrons. The van der Waals surface area contributed by atoms with Crippen molar-refractivity contribution in [3.63, 3.8) is 0 Å². The molecule has 0 fully saturated rings. The Kier molecular flexibility index (Phi) is 5.74. The molecule has 1 unspecified atom stereocenters. The first-order valence-corrected chi connectivity index (χ1v) is 10.0. The van der Waals surface area contributed by atoms with Gasteiger partial charge in [-0.05, 0) is 48.4 Å². The van der Waals surface area contributed by atoms with Crippen molar-refractivity contribution in [3.8, 4) is 11.4 Å². The van der Waals surface area contributed by atoms with E-state index in [1.54, 1.807) is 25.2 Å². The highest BCUT2D eigenvalue weighted by molar-refractivity contribution is 6.00. The number of amidine groups is 1. The second kappa shape index (κ2) is 8.64. The number of aromatic nitrogens is 3. The number of nitrogens with zero attached hydrogens (tertiary/aromatic N) is 1. The van der Waals surface area contributed by atoms with Crippen molar-refractivity contribution in [1.29, 1.82) is 5.41 Å². The van der Waals surface area contributed by atoms with Gasteiger partial charge < -0.3 is 25.7 Å². The molecule has 8 nitrogen and oxygen atoms in total. The molecule has 4 aromatic rings. The van der Waals surface area contributed by atoms with Gasteiger partial charge in [-0.1, -0.05) is 12.1 Å². The summed E-state index contributed by atoms with van der Waals surface area (Å²) in [6.07, 6.45) is 0.536. The second-order valence-electron chi connectivity index (χ2n) is 7.45. The van der Waals surface area contributed by atoms with Crippen LogP contribution >= 0.6 is 0 Å². The predicted octanol–water partition coefficient (Wildman–Crippen LogP) is 3.06. The molecule has 2 aromatic carbocycles. The quantitative estimate of drug-likeness (QED) is 0.205. The van der Waals surface area contributed by atoms with Crippen molar-refractivity contribution < 1.29 is 9.50 Å². The van der Waals surface area contributed by atoms with Crippen LogP contribution in [0.2, 0.25) is 0 Å². The number of aliphatic hydroxyl groups is 1. The Morgan fingerprint density at radius 3 is 2.84 bits per heavy atom. The molecule has 2 heterocycles. The third-order valence-corrected chi connectivity index (χ3v) is 5.23. The second-order valence-corrected chi connectivity index (χ2v) is 7.45. The van der Waals surface area contributed by atoms with Gasteiger partial charge in [0.05, 0.1) is 22.8 Å². The van der Waals surface area contributed by atoms with E-state index < -0.39 is 11.9 Å². The molecule has 0 aliphatic rings. The normalized spacial score (nSPS) is 12.0. The highest BCUT2D eigenvalue weighted by Crippen LogP contribution is 2.27. The highest BCUT2D eigenvalue weighted by Gasteiger charge is 2.17. The molecule has 0 spiro atoms. The standard InChI is InChI=1S/C23H23FN6O2/c1-12-8-14(21(25)26-2)10-17-20(12)30-22(29-17)19-16(6-7-27-23(19)32)28-11-18(31)13-4-3-5-15(24)9-13/h3-10,18,31H,11H2,1-2H3,(H2,25,26)(H,29,30)(H2,27,28,32). The van der Waals surface area contributed by atoms with Crippen LogP contribution < -0.4 is 16.2 Å². The van der Waals surface area contributed by atoms with Gasteiger partial charge in [0, 0.05) is 25.4 Å². The van der Waals surface area contributed by atoms with Crippen LogP contribution in [0.25, 0.3) is 22.4 Å². The molecule has 9 heteroatoms. The van der Waals surface area contributed by atoms with Crippen molar-refractivity contribution in [2.75, 3.05) is 18.9 Å². The lowest BCUT2D eigenvalue weighted by Gasteiger charge is -2.15. The van der Waals surface area contributed by atoms with Crippen LogP contribution in [0.3, 0.4) is 0 Å². The molecule has 0 amide bonds. The summed E-state index contributed by atoms with van der Waals surface area (Å²) < 4.78 is 13.5. The summed E-state index contributed by atoms with van der Waals surface area (Å²) >= 11 is 0. The summed E-state index contributed by atoms with van der Waals surface area (Å²) in [7, 11) is 1.68. The number of imidazole rings is 1. The zero-order valence-corrected chi connectivity index (χ0v) is 17.6. The summed E-state index contributed by atoms with van der Waals surface area (Å²) in [5.74, 6) is 0.208. The van der Waals surface area contributed by atoms with E-state index in [9.17, 15) is 14.3 Å². The molecule has 0 saturated heterocycles. The van der Waals surface area contributed by atoms with Crippen LogP contribution in [0, 0.1) is 18.2 Å². The maximum atomic E-state index is 13.5. The maximum absolute atomic E-state index is 13.5. The third-order valence-electron chi connectivity index (χ3n) is 5.23. The van der Waals surface area contributed by atoms with Crippen molar-refractivity contribution >= 4 is 22.6 Å². The number of fused-ring (bicyclic) bond motifs is 1. The number of aliphatic hydroxyl groups excluding tert-OH is 1. The largest absolute Gasteiger partial charge is 0.387 e. The van der Waals surface area contributed by atoms with E-state index in [-0.39, 0.29) is 17.9 Å². The fourth-order valence-corrected chi connectivity index (χ4v) is 3.60. The summed E-state index contributed by atoms with van der Waals surface area (Å²) in [5.41, 5.74) is 3.81. The van der Waals surface area contributed by atoms with E-state index in [0.717, 1.165) is 5.56 Å². The first-order valence-electron chi connectivity index (χ1n) is 10.0. The number of hydrogen-bond acceptors (Lipinski definition) is 5. The zero-order chi connectivity index (χ0) is 22.8. The summed E-state index contributed by atoms with van der Waals surface area (Å²) in [4.78, 5) is 23.1. The Labute approximate surface area is 183 Å². The van der Waals surface area contributed by atoms with E-state index in [1.807, 2.05) is 13.0 Å².